The molecule has 1 saturated carbocycles. The number of allylic oxidation sites excluding steroid dienone is 1. The van der Waals surface area contributed by atoms with E-state index in [2.05, 4.69) is 47.4 Å². The van der Waals surface area contributed by atoms with Crippen molar-refractivity contribution in [2.45, 2.75) is 58.7 Å². The van der Waals surface area contributed by atoms with Gasteiger partial charge >= 0.3 is 0 Å². The summed E-state index contributed by atoms with van der Waals surface area (Å²) < 4.78 is 22.1. The highest BCUT2D eigenvalue weighted by atomic mass is 15.1. The van der Waals surface area contributed by atoms with Crippen molar-refractivity contribution in [2.75, 3.05) is 0 Å². The lowest BCUT2D eigenvalue weighted by Gasteiger charge is -2.21. The molecule has 0 N–H and O–H groups in total. The Morgan fingerprint density at radius 2 is 2.00 bits per heavy atom. The third-order valence-corrected chi connectivity index (χ3v) is 6.30. The number of fused-ring (bicyclic) bond motifs is 3. The lowest BCUT2D eigenvalue weighted by atomic mass is 9.85. The Labute approximate surface area is 170 Å². The number of nitrogens with zero attached hydrogens (tertiary/aromatic N) is 3. The zero-order chi connectivity index (χ0) is 21.0. The molecule has 0 saturated heterocycles. The van der Waals surface area contributed by atoms with Crippen LogP contribution in [0.3, 0.4) is 0 Å². The van der Waals surface area contributed by atoms with Gasteiger partial charge in [0.05, 0.1) is 16.6 Å². The Morgan fingerprint density at radius 1 is 1.18 bits per heavy atom. The second kappa shape index (κ2) is 6.88. The Bertz CT molecular complexity index is 1170. The summed E-state index contributed by atoms with van der Waals surface area (Å²) in [6, 6.07) is 8.44. The van der Waals surface area contributed by atoms with Crippen molar-refractivity contribution in [1.82, 2.24) is 9.55 Å². The molecule has 3 aromatic rings. The number of hydrogen-bond donors (Lipinski definition) is 0. The summed E-state index contributed by atoms with van der Waals surface area (Å²) in [5.74, 6) is 1.22. The zero-order valence-electron chi connectivity index (χ0n) is 19.1. The topological polar surface area (TPSA) is 21.7 Å². The molecule has 3 nitrogen and oxygen atoms in total. The van der Waals surface area contributed by atoms with Crippen molar-refractivity contribution in [3.63, 3.8) is 0 Å². The van der Waals surface area contributed by atoms with Gasteiger partial charge in [0.25, 0.3) is 0 Å². The lowest BCUT2D eigenvalue weighted by molar-refractivity contribution is -0.660. The Hall–Kier alpha value is -2.42. The number of aryl methyl sites for hydroxylation is 2. The van der Waals surface area contributed by atoms with E-state index in [-0.39, 0.29) is 5.92 Å². The van der Waals surface area contributed by atoms with Crippen LogP contribution in [0.5, 0.6) is 0 Å². The van der Waals surface area contributed by atoms with E-state index < -0.39 is 6.37 Å². The molecule has 0 radical (unpaired) electrons. The van der Waals surface area contributed by atoms with E-state index in [1.165, 1.54) is 17.6 Å². The molecule has 2 aliphatic rings. The standard InChI is InChI=1S/C25H30N3/c1-17-11-25-26-22-12-18(2)21(15-24(22)28(25)16-17)23-14-20(9-10-27(23)3)13-19-7-5-4-6-8-19/h9-10,12,14-16,19H,4-8,11,13H2,1-3H3/q+1/i13D2. The number of aromatic nitrogens is 3. The Kier molecular flexibility index (Phi) is 3.81. The maximum absolute atomic E-state index is 8.91. The second-order valence-electron chi connectivity index (χ2n) is 8.60. The van der Waals surface area contributed by atoms with Gasteiger partial charge in [0.2, 0.25) is 5.69 Å². The molecule has 0 unspecified atom stereocenters. The van der Waals surface area contributed by atoms with Crippen molar-refractivity contribution >= 4 is 17.2 Å². The van der Waals surface area contributed by atoms with Gasteiger partial charge in [-0.1, -0.05) is 32.1 Å². The second-order valence-corrected chi connectivity index (χ2v) is 8.60. The highest BCUT2D eigenvalue weighted by Gasteiger charge is 2.21. The lowest BCUT2D eigenvalue weighted by Crippen LogP contribution is -2.31. The third kappa shape index (κ3) is 3.07. The molecule has 1 aromatic carbocycles. The van der Waals surface area contributed by atoms with E-state index in [1.54, 1.807) is 0 Å². The first-order valence-electron chi connectivity index (χ1n) is 11.5. The van der Waals surface area contributed by atoms with Crippen LogP contribution in [-0.4, -0.2) is 9.55 Å². The van der Waals surface area contributed by atoms with Gasteiger partial charge in [0.15, 0.2) is 6.20 Å². The van der Waals surface area contributed by atoms with Crippen LogP contribution >= 0.6 is 0 Å². The van der Waals surface area contributed by atoms with E-state index in [9.17, 15) is 0 Å². The van der Waals surface area contributed by atoms with Crippen LogP contribution in [0, 0.1) is 12.8 Å². The minimum Gasteiger partial charge on any atom is -0.303 e. The fourth-order valence-electron chi connectivity index (χ4n) is 4.77. The molecule has 144 valence electrons. The molecule has 1 fully saturated rings. The third-order valence-electron chi connectivity index (χ3n) is 6.30. The number of hydrogen-bond acceptors (Lipinski definition) is 1. The first-order chi connectivity index (χ1) is 14.3. The fraction of sp³-hybridized carbons (Fsp3) is 0.440. The van der Waals surface area contributed by atoms with Crippen LogP contribution in [0.15, 0.2) is 36.0 Å². The van der Waals surface area contributed by atoms with Gasteiger partial charge in [0.1, 0.15) is 12.9 Å². The molecular formula is C25H30N3+. The fourth-order valence-corrected chi connectivity index (χ4v) is 4.77. The largest absolute Gasteiger partial charge is 0.303 e. The predicted molar refractivity (Wildman–Crippen MR) is 115 cm³/mol. The molecule has 0 spiro atoms. The van der Waals surface area contributed by atoms with Crippen LogP contribution in [0.25, 0.3) is 28.5 Å². The van der Waals surface area contributed by atoms with Crippen LogP contribution in [-0.2, 0) is 19.8 Å². The number of imidazole rings is 1. The normalized spacial score (nSPS) is 18.8. The number of pyridine rings is 1. The summed E-state index contributed by atoms with van der Waals surface area (Å²) in [6.45, 7) is 4.27. The first kappa shape index (κ1) is 15.5. The van der Waals surface area contributed by atoms with Gasteiger partial charge in [-0.3, -0.25) is 0 Å². The van der Waals surface area contributed by atoms with Crippen molar-refractivity contribution in [2.24, 2.45) is 13.0 Å². The van der Waals surface area contributed by atoms with Crippen LogP contribution in [0.4, 0.5) is 0 Å². The molecule has 28 heavy (non-hydrogen) atoms. The molecule has 3 heterocycles. The maximum Gasteiger partial charge on any atom is 0.212 e. The minimum absolute atomic E-state index is 0.113. The van der Waals surface area contributed by atoms with E-state index >= 15 is 0 Å². The molecule has 0 atom stereocenters. The van der Waals surface area contributed by atoms with Crippen molar-refractivity contribution in [1.29, 1.82) is 0 Å². The number of rotatable bonds is 3. The first-order valence-corrected chi connectivity index (χ1v) is 10.5. The molecular weight excluding hydrogens is 342 g/mol. The Morgan fingerprint density at radius 3 is 2.82 bits per heavy atom. The van der Waals surface area contributed by atoms with Gasteiger partial charge in [-0.05, 0) is 55.0 Å². The quantitative estimate of drug-likeness (QED) is 0.564. The summed E-state index contributed by atoms with van der Waals surface area (Å²) in [4.78, 5) is 4.82. The van der Waals surface area contributed by atoms with Gasteiger partial charge < -0.3 is 4.57 Å². The summed E-state index contributed by atoms with van der Waals surface area (Å²) in [5, 5.41) is 0. The molecule has 1 aliphatic heterocycles. The van der Waals surface area contributed by atoms with Crippen LogP contribution in [0.1, 0.15) is 58.7 Å². The van der Waals surface area contributed by atoms with Crippen LogP contribution in [0.2, 0.25) is 0 Å². The summed E-state index contributed by atoms with van der Waals surface area (Å²) in [5.41, 5.74) is 7.67. The van der Waals surface area contributed by atoms with Gasteiger partial charge in [-0.25, -0.2) is 9.55 Å². The smallest absolute Gasteiger partial charge is 0.212 e. The van der Waals surface area contributed by atoms with Crippen LogP contribution < -0.4 is 4.57 Å². The molecule has 3 heteroatoms. The highest BCUT2D eigenvalue weighted by molar-refractivity contribution is 5.86. The SMILES string of the molecule is [2H]C([2H])(c1cc[n+](C)c(-c2cc3c(cc2C)nc2n3C=C(C)C2)c1)C1CCCCC1. The Balaban J connectivity index is 1.62. The number of benzene rings is 1. The van der Waals surface area contributed by atoms with Gasteiger partial charge in [-0.2, -0.15) is 0 Å². The van der Waals surface area contributed by atoms with Crippen molar-refractivity contribution in [3.05, 3.63) is 53.0 Å². The molecule has 1 aliphatic carbocycles. The summed E-state index contributed by atoms with van der Waals surface area (Å²) in [7, 11) is 2.05. The van der Waals surface area contributed by atoms with Crippen molar-refractivity contribution in [3.8, 4) is 11.3 Å². The van der Waals surface area contributed by atoms with E-state index in [0.717, 1.165) is 65.8 Å². The monoisotopic (exact) mass is 374 g/mol. The van der Waals surface area contributed by atoms with Crippen molar-refractivity contribution < 1.29 is 7.31 Å². The molecule has 2 aromatic heterocycles. The average molecular weight is 375 g/mol. The molecule has 0 amide bonds. The minimum atomic E-state index is -1.29. The average Bonchev–Trinajstić information content (AvgIpc) is 3.24. The van der Waals surface area contributed by atoms with E-state index in [4.69, 9.17) is 7.73 Å². The molecule has 0 bridgehead atoms. The van der Waals surface area contributed by atoms with E-state index in [1.807, 2.05) is 19.3 Å². The summed E-state index contributed by atoms with van der Waals surface area (Å²) in [6.07, 6.45) is 9.32. The molecule has 5 rings (SSSR count). The van der Waals surface area contributed by atoms with Gasteiger partial charge in [0, 0.05) is 27.5 Å². The maximum atomic E-state index is 8.91. The zero-order valence-corrected chi connectivity index (χ0v) is 17.1. The van der Waals surface area contributed by atoms with Gasteiger partial charge in [-0.15, -0.1) is 0 Å². The highest BCUT2D eigenvalue weighted by Crippen LogP contribution is 2.32. The van der Waals surface area contributed by atoms with E-state index in [0.29, 0.717) is 0 Å². The predicted octanol–water partition coefficient (Wildman–Crippen LogP) is 5.38. The summed E-state index contributed by atoms with van der Waals surface area (Å²) >= 11 is 0.